The second-order valence-electron chi connectivity index (χ2n) is 6.78. The molecule has 0 bridgehead atoms. The van der Waals surface area contributed by atoms with E-state index >= 15 is 0 Å². The van der Waals surface area contributed by atoms with Crippen LogP contribution in [-0.2, 0) is 17.6 Å². The van der Waals surface area contributed by atoms with Gasteiger partial charge in [-0.25, -0.2) is 4.39 Å². The molecule has 1 atom stereocenters. The number of carbonyl (C=O) groups excluding carboxylic acids is 1. The highest BCUT2D eigenvalue weighted by Crippen LogP contribution is 2.23. The molecule has 0 aromatic heterocycles. The van der Waals surface area contributed by atoms with Crippen LogP contribution in [0.2, 0.25) is 0 Å². The average Bonchev–Trinajstić information content (AvgIpc) is 2.62. The Balaban J connectivity index is 1.48. The summed E-state index contributed by atoms with van der Waals surface area (Å²) in [6.07, 6.45) is 2.13. The first-order valence-corrected chi connectivity index (χ1v) is 8.86. The molecule has 3 rings (SSSR count). The van der Waals surface area contributed by atoms with Crippen molar-refractivity contribution in [3.05, 3.63) is 71.5 Å². The van der Waals surface area contributed by atoms with Gasteiger partial charge in [0, 0.05) is 13.1 Å². The number of halogens is 1. The summed E-state index contributed by atoms with van der Waals surface area (Å²) in [4.78, 5) is 14.2. The number of benzene rings is 2. The smallest absolute Gasteiger partial charge is 0.226 e. The summed E-state index contributed by atoms with van der Waals surface area (Å²) >= 11 is 0. The second-order valence-corrected chi connectivity index (χ2v) is 6.78. The molecule has 1 fully saturated rings. The molecule has 132 valence electrons. The van der Waals surface area contributed by atoms with Gasteiger partial charge in [0.1, 0.15) is 5.82 Å². The van der Waals surface area contributed by atoms with Gasteiger partial charge in [-0.05, 0) is 48.4 Å². The van der Waals surface area contributed by atoms with Crippen LogP contribution in [-0.4, -0.2) is 35.1 Å². The Morgan fingerprint density at radius 1 is 1.08 bits per heavy atom. The molecule has 0 radical (unpaired) electrons. The molecule has 1 aliphatic rings. The Morgan fingerprint density at radius 2 is 1.76 bits per heavy atom. The monoisotopic (exact) mass is 341 g/mol. The van der Waals surface area contributed by atoms with Gasteiger partial charge in [0.05, 0.1) is 12.5 Å². The van der Waals surface area contributed by atoms with Gasteiger partial charge in [-0.15, -0.1) is 0 Å². The third-order valence-corrected chi connectivity index (χ3v) is 4.97. The van der Waals surface area contributed by atoms with Crippen molar-refractivity contribution in [1.29, 1.82) is 0 Å². The first-order chi connectivity index (χ1) is 12.1. The van der Waals surface area contributed by atoms with E-state index in [0.717, 1.165) is 18.4 Å². The zero-order chi connectivity index (χ0) is 17.6. The van der Waals surface area contributed by atoms with Gasteiger partial charge < -0.3 is 10.0 Å². The lowest BCUT2D eigenvalue weighted by atomic mass is 9.88. The zero-order valence-corrected chi connectivity index (χ0v) is 14.3. The fraction of sp³-hybridized carbons (Fsp3) is 0.381. The van der Waals surface area contributed by atoms with E-state index in [4.69, 9.17) is 0 Å². The molecule has 2 aromatic rings. The molecule has 0 saturated carbocycles. The molecule has 1 amide bonds. The Kier molecular flexibility index (Phi) is 5.82. The van der Waals surface area contributed by atoms with Gasteiger partial charge >= 0.3 is 0 Å². The predicted molar refractivity (Wildman–Crippen MR) is 95.6 cm³/mol. The molecule has 3 nitrogen and oxygen atoms in total. The summed E-state index contributed by atoms with van der Waals surface area (Å²) < 4.78 is 13.2. The minimum Gasteiger partial charge on any atom is -0.392 e. The third kappa shape index (κ3) is 4.89. The molecule has 25 heavy (non-hydrogen) atoms. The number of rotatable bonds is 5. The number of aliphatic hydroxyl groups is 1. The average molecular weight is 341 g/mol. The zero-order valence-electron chi connectivity index (χ0n) is 14.3. The fourth-order valence-electron chi connectivity index (χ4n) is 3.49. The second kappa shape index (κ2) is 8.26. The Hall–Kier alpha value is -2.20. The quantitative estimate of drug-likeness (QED) is 0.907. The normalized spacial score (nSPS) is 16.6. The SMILES string of the molecule is O=C(Cc1cccc(F)c1)N1CCC([C@H](O)Cc2ccccc2)CC1. The summed E-state index contributed by atoms with van der Waals surface area (Å²) in [6.45, 7) is 1.31. The third-order valence-electron chi connectivity index (χ3n) is 4.97. The highest BCUT2D eigenvalue weighted by Gasteiger charge is 2.27. The standard InChI is InChI=1S/C21H24FNO2/c22-19-8-4-7-17(13-19)15-21(25)23-11-9-18(10-12-23)20(24)14-16-5-2-1-3-6-16/h1-8,13,18,20,24H,9-12,14-15H2/t20-/m1/s1. The van der Waals surface area contributed by atoms with Gasteiger partial charge in [-0.3, -0.25) is 4.79 Å². The van der Waals surface area contributed by atoms with Crippen LogP contribution in [0.1, 0.15) is 24.0 Å². The number of nitrogens with zero attached hydrogens (tertiary/aromatic N) is 1. The summed E-state index contributed by atoms with van der Waals surface area (Å²) in [6, 6.07) is 16.2. The molecule has 0 spiro atoms. The summed E-state index contributed by atoms with van der Waals surface area (Å²) in [5.41, 5.74) is 1.84. The van der Waals surface area contributed by atoms with E-state index in [9.17, 15) is 14.3 Å². The lowest BCUT2D eigenvalue weighted by Gasteiger charge is -2.34. The molecule has 0 aliphatic carbocycles. The number of amides is 1. The van der Waals surface area contributed by atoms with Gasteiger partial charge in [-0.1, -0.05) is 42.5 Å². The van der Waals surface area contributed by atoms with Crippen LogP contribution in [0.15, 0.2) is 54.6 Å². The summed E-state index contributed by atoms with van der Waals surface area (Å²) in [5, 5.41) is 10.5. The summed E-state index contributed by atoms with van der Waals surface area (Å²) in [7, 11) is 0. The van der Waals surface area contributed by atoms with E-state index in [1.54, 1.807) is 12.1 Å². The maximum atomic E-state index is 13.2. The fourth-order valence-corrected chi connectivity index (χ4v) is 3.49. The van der Waals surface area contributed by atoms with Crippen molar-refractivity contribution < 1.29 is 14.3 Å². The largest absolute Gasteiger partial charge is 0.392 e. The Morgan fingerprint density at radius 3 is 2.44 bits per heavy atom. The molecule has 1 N–H and O–H groups in total. The highest BCUT2D eigenvalue weighted by molar-refractivity contribution is 5.78. The van der Waals surface area contributed by atoms with E-state index in [0.29, 0.717) is 25.1 Å². The Bertz CT molecular complexity index is 696. The van der Waals surface area contributed by atoms with Crippen molar-refractivity contribution in [2.24, 2.45) is 5.92 Å². The predicted octanol–water partition coefficient (Wildman–Crippen LogP) is 3.21. The van der Waals surface area contributed by atoms with Gasteiger partial charge in [0.2, 0.25) is 5.91 Å². The minimum atomic E-state index is -0.372. The molecule has 0 unspecified atom stereocenters. The summed E-state index contributed by atoms with van der Waals surface area (Å²) in [5.74, 6) is -0.0620. The molecular formula is C21H24FNO2. The van der Waals surface area contributed by atoms with Gasteiger partial charge in [-0.2, -0.15) is 0 Å². The van der Waals surface area contributed by atoms with E-state index in [1.807, 2.05) is 35.2 Å². The van der Waals surface area contributed by atoms with Crippen molar-refractivity contribution >= 4 is 5.91 Å². The van der Waals surface area contributed by atoms with Crippen LogP contribution in [0.5, 0.6) is 0 Å². The molecule has 4 heteroatoms. The van der Waals surface area contributed by atoms with Crippen molar-refractivity contribution in [2.45, 2.75) is 31.8 Å². The lowest BCUT2D eigenvalue weighted by molar-refractivity contribution is -0.132. The van der Waals surface area contributed by atoms with Crippen LogP contribution in [0.3, 0.4) is 0 Å². The van der Waals surface area contributed by atoms with Gasteiger partial charge in [0.15, 0.2) is 0 Å². The molecule has 1 aliphatic heterocycles. The van der Waals surface area contributed by atoms with Crippen molar-refractivity contribution in [3.63, 3.8) is 0 Å². The number of hydrogen-bond donors (Lipinski definition) is 1. The van der Waals surface area contributed by atoms with E-state index in [1.165, 1.54) is 12.1 Å². The number of hydrogen-bond acceptors (Lipinski definition) is 2. The van der Waals surface area contributed by atoms with E-state index < -0.39 is 0 Å². The number of likely N-dealkylation sites (tertiary alicyclic amines) is 1. The highest BCUT2D eigenvalue weighted by atomic mass is 19.1. The first-order valence-electron chi connectivity index (χ1n) is 8.86. The van der Waals surface area contributed by atoms with Crippen LogP contribution < -0.4 is 0 Å². The van der Waals surface area contributed by atoms with Crippen LogP contribution in [0.4, 0.5) is 4.39 Å². The van der Waals surface area contributed by atoms with Crippen LogP contribution >= 0.6 is 0 Å². The maximum absolute atomic E-state index is 13.2. The van der Waals surface area contributed by atoms with Crippen molar-refractivity contribution in [2.75, 3.05) is 13.1 Å². The van der Waals surface area contributed by atoms with Crippen molar-refractivity contribution in [1.82, 2.24) is 4.90 Å². The topological polar surface area (TPSA) is 40.5 Å². The molecule has 1 heterocycles. The molecule has 1 saturated heterocycles. The van der Waals surface area contributed by atoms with Crippen LogP contribution in [0.25, 0.3) is 0 Å². The maximum Gasteiger partial charge on any atom is 0.226 e. The van der Waals surface area contributed by atoms with Crippen LogP contribution in [0, 0.1) is 11.7 Å². The van der Waals surface area contributed by atoms with E-state index in [-0.39, 0.29) is 30.2 Å². The molecular weight excluding hydrogens is 317 g/mol. The molecule has 2 aromatic carbocycles. The number of aliphatic hydroxyl groups excluding tert-OH is 1. The number of carbonyl (C=O) groups is 1. The lowest BCUT2D eigenvalue weighted by Crippen LogP contribution is -2.42. The Labute approximate surface area is 148 Å². The van der Waals surface area contributed by atoms with E-state index in [2.05, 4.69) is 0 Å². The number of piperidine rings is 1. The van der Waals surface area contributed by atoms with Crippen molar-refractivity contribution in [3.8, 4) is 0 Å². The first kappa shape index (κ1) is 17.6. The minimum absolute atomic E-state index is 0.0293. The van der Waals surface area contributed by atoms with Gasteiger partial charge in [0.25, 0.3) is 0 Å².